The molecule has 1 amide bonds. The number of sulfonamides is 1. The number of hydrogen-bond acceptors (Lipinski definition) is 3. The zero-order valence-electron chi connectivity index (χ0n) is 11.2. The number of nitrogens with zero attached hydrogens (tertiary/aromatic N) is 1. The second-order valence-corrected chi connectivity index (χ2v) is 7.42. The Kier molecular flexibility index (Phi) is 3.41. The molecule has 108 valence electrons. The van der Waals surface area contributed by atoms with Crippen LogP contribution in [0.15, 0.2) is 24.3 Å². The fourth-order valence-corrected chi connectivity index (χ4v) is 4.14. The summed E-state index contributed by atoms with van der Waals surface area (Å²) >= 11 is 0. The average Bonchev–Trinajstić information content (AvgIpc) is 2.66. The fraction of sp³-hybridized carbons (Fsp3) is 0.500. The zero-order valence-corrected chi connectivity index (χ0v) is 12.0. The minimum atomic E-state index is -3.17. The van der Waals surface area contributed by atoms with E-state index in [1.54, 1.807) is 24.3 Å². The third kappa shape index (κ3) is 2.52. The smallest absolute Gasteiger partial charge is 0.235 e. The largest absolute Gasteiger partial charge is 0.326 e. The quantitative estimate of drug-likeness (QED) is 0.926. The van der Waals surface area contributed by atoms with E-state index in [4.69, 9.17) is 0 Å². The molecule has 1 saturated carbocycles. The van der Waals surface area contributed by atoms with Crippen LogP contribution in [-0.4, -0.2) is 26.6 Å². The molecule has 0 spiro atoms. The lowest BCUT2D eigenvalue weighted by molar-refractivity contribution is -0.122. The van der Waals surface area contributed by atoms with Crippen LogP contribution < -0.4 is 9.62 Å². The second-order valence-electron chi connectivity index (χ2n) is 5.41. The highest BCUT2D eigenvalue weighted by Crippen LogP contribution is 2.29. The molecule has 2 aliphatic rings. The van der Waals surface area contributed by atoms with Crippen molar-refractivity contribution in [3.63, 3.8) is 0 Å². The van der Waals surface area contributed by atoms with E-state index >= 15 is 0 Å². The van der Waals surface area contributed by atoms with E-state index in [1.807, 2.05) is 0 Å². The monoisotopic (exact) mass is 294 g/mol. The molecule has 6 heteroatoms. The normalized spacial score (nSPS) is 21.5. The van der Waals surface area contributed by atoms with Crippen LogP contribution in [0.1, 0.15) is 25.7 Å². The van der Waals surface area contributed by atoms with Gasteiger partial charge in [-0.3, -0.25) is 9.10 Å². The molecule has 5 nitrogen and oxygen atoms in total. The summed E-state index contributed by atoms with van der Waals surface area (Å²) in [4.78, 5) is 11.9. The molecule has 1 heterocycles. The molecule has 1 aliphatic carbocycles. The van der Waals surface area contributed by atoms with Gasteiger partial charge in [-0.25, -0.2) is 8.42 Å². The summed E-state index contributed by atoms with van der Waals surface area (Å²) in [6, 6.07) is 7.07. The van der Waals surface area contributed by atoms with E-state index < -0.39 is 10.0 Å². The lowest BCUT2D eigenvalue weighted by atomic mass is 9.85. The van der Waals surface area contributed by atoms with Crippen molar-refractivity contribution in [2.24, 2.45) is 5.92 Å². The van der Waals surface area contributed by atoms with Gasteiger partial charge in [0.1, 0.15) is 0 Å². The first-order valence-corrected chi connectivity index (χ1v) is 8.58. The van der Waals surface area contributed by atoms with Gasteiger partial charge in [0.25, 0.3) is 0 Å². The Bertz CT molecular complexity index is 623. The SMILES string of the molecule is O=C(Nc1cccc(N2CCCS2(=O)=O)c1)C1CCC1. The van der Waals surface area contributed by atoms with Crippen molar-refractivity contribution in [2.45, 2.75) is 25.7 Å². The molecule has 1 aromatic rings. The van der Waals surface area contributed by atoms with Crippen LogP contribution in [0.3, 0.4) is 0 Å². The van der Waals surface area contributed by atoms with Crippen LogP contribution in [0.2, 0.25) is 0 Å². The molecule has 0 radical (unpaired) electrons. The first-order valence-electron chi connectivity index (χ1n) is 6.98. The van der Waals surface area contributed by atoms with Gasteiger partial charge in [0.05, 0.1) is 11.4 Å². The Morgan fingerprint density at radius 2 is 2.05 bits per heavy atom. The Morgan fingerprint density at radius 3 is 2.65 bits per heavy atom. The Morgan fingerprint density at radius 1 is 1.25 bits per heavy atom. The minimum absolute atomic E-state index is 0.0395. The molecular weight excluding hydrogens is 276 g/mol. The summed E-state index contributed by atoms with van der Waals surface area (Å²) in [7, 11) is -3.17. The molecule has 1 aromatic carbocycles. The number of carbonyl (C=O) groups excluding carboxylic acids is 1. The van der Waals surface area contributed by atoms with Gasteiger partial charge < -0.3 is 5.32 Å². The third-order valence-corrected chi connectivity index (χ3v) is 5.85. The molecule has 20 heavy (non-hydrogen) atoms. The maximum Gasteiger partial charge on any atom is 0.235 e. The molecule has 3 rings (SSSR count). The van der Waals surface area contributed by atoms with E-state index in [-0.39, 0.29) is 17.6 Å². The molecular formula is C14H18N2O3S. The molecule has 1 saturated heterocycles. The first-order chi connectivity index (χ1) is 9.56. The summed E-state index contributed by atoms with van der Waals surface area (Å²) in [6.45, 7) is 0.516. The van der Waals surface area contributed by atoms with Crippen molar-refractivity contribution in [2.75, 3.05) is 21.9 Å². The maximum absolute atomic E-state index is 11.9. The van der Waals surface area contributed by atoms with Crippen molar-refractivity contribution >= 4 is 27.3 Å². The van der Waals surface area contributed by atoms with Gasteiger partial charge in [0, 0.05) is 18.2 Å². The topological polar surface area (TPSA) is 66.5 Å². The van der Waals surface area contributed by atoms with Gasteiger partial charge in [0.15, 0.2) is 0 Å². The van der Waals surface area contributed by atoms with Gasteiger partial charge in [-0.1, -0.05) is 12.5 Å². The highest BCUT2D eigenvalue weighted by Gasteiger charge is 2.29. The van der Waals surface area contributed by atoms with Crippen molar-refractivity contribution in [1.29, 1.82) is 0 Å². The Hall–Kier alpha value is -1.56. The molecule has 0 atom stereocenters. The number of nitrogens with one attached hydrogen (secondary N) is 1. The molecule has 0 unspecified atom stereocenters. The lowest BCUT2D eigenvalue weighted by Crippen LogP contribution is -2.28. The Balaban J connectivity index is 1.77. The van der Waals surface area contributed by atoms with E-state index in [2.05, 4.69) is 5.32 Å². The zero-order chi connectivity index (χ0) is 14.2. The van der Waals surface area contributed by atoms with Crippen LogP contribution >= 0.6 is 0 Å². The average molecular weight is 294 g/mol. The molecule has 2 fully saturated rings. The van der Waals surface area contributed by atoms with Crippen molar-refractivity contribution in [1.82, 2.24) is 0 Å². The second kappa shape index (κ2) is 5.09. The first kappa shape index (κ1) is 13.4. The van der Waals surface area contributed by atoms with Gasteiger partial charge in [0.2, 0.25) is 15.9 Å². The summed E-state index contributed by atoms with van der Waals surface area (Å²) < 4.78 is 25.2. The van der Waals surface area contributed by atoms with Crippen LogP contribution in [0, 0.1) is 5.92 Å². The highest BCUT2D eigenvalue weighted by atomic mass is 32.2. The summed E-state index contributed by atoms with van der Waals surface area (Å²) in [6.07, 6.45) is 3.67. The van der Waals surface area contributed by atoms with Crippen LogP contribution in [0.25, 0.3) is 0 Å². The predicted molar refractivity (Wildman–Crippen MR) is 78.2 cm³/mol. The van der Waals surface area contributed by atoms with Gasteiger partial charge >= 0.3 is 0 Å². The van der Waals surface area contributed by atoms with Crippen LogP contribution in [0.4, 0.5) is 11.4 Å². The molecule has 0 bridgehead atoms. The van der Waals surface area contributed by atoms with Crippen molar-refractivity contribution < 1.29 is 13.2 Å². The van der Waals surface area contributed by atoms with Gasteiger partial charge in [-0.15, -0.1) is 0 Å². The number of benzene rings is 1. The van der Waals surface area contributed by atoms with E-state index in [9.17, 15) is 13.2 Å². The molecule has 1 aliphatic heterocycles. The molecule has 0 aromatic heterocycles. The summed E-state index contributed by atoms with van der Waals surface area (Å²) in [5.74, 6) is 0.359. The van der Waals surface area contributed by atoms with Crippen LogP contribution in [0.5, 0.6) is 0 Å². The maximum atomic E-state index is 11.9. The predicted octanol–water partition coefficient (Wildman–Crippen LogP) is 1.97. The van der Waals surface area contributed by atoms with E-state index in [0.717, 1.165) is 19.3 Å². The van der Waals surface area contributed by atoms with Gasteiger partial charge in [-0.05, 0) is 37.5 Å². The minimum Gasteiger partial charge on any atom is -0.326 e. The number of carbonyl (C=O) groups is 1. The number of amides is 1. The standard InChI is InChI=1S/C14H18N2O3S/c17-14(11-4-1-5-11)15-12-6-2-7-13(10-12)16-8-3-9-20(16,18)19/h2,6-7,10-11H,1,3-5,8-9H2,(H,15,17). The highest BCUT2D eigenvalue weighted by molar-refractivity contribution is 7.93. The number of hydrogen-bond donors (Lipinski definition) is 1. The van der Waals surface area contributed by atoms with Crippen LogP contribution in [-0.2, 0) is 14.8 Å². The Labute approximate surface area is 119 Å². The van der Waals surface area contributed by atoms with E-state index in [1.165, 1.54) is 4.31 Å². The molecule has 1 N–H and O–H groups in total. The van der Waals surface area contributed by atoms with Gasteiger partial charge in [-0.2, -0.15) is 0 Å². The number of anilines is 2. The van der Waals surface area contributed by atoms with Crippen molar-refractivity contribution in [3.8, 4) is 0 Å². The lowest BCUT2D eigenvalue weighted by Gasteiger charge is -2.24. The van der Waals surface area contributed by atoms with Crippen molar-refractivity contribution in [3.05, 3.63) is 24.3 Å². The number of rotatable bonds is 3. The summed E-state index contributed by atoms with van der Waals surface area (Å²) in [5.41, 5.74) is 1.30. The fourth-order valence-electron chi connectivity index (χ4n) is 2.58. The summed E-state index contributed by atoms with van der Waals surface area (Å²) in [5, 5.41) is 2.87. The van der Waals surface area contributed by atoms with E-state index in [0.29, 0.717) is 24.3 Å². The third-order valence-electron chi connectivity index (χ3n) is 3.98.